The summed E-state index contributed by atoms with van der Waals surface area (Å²) in [6, 6.07) is 0. The third kappa shape index (κ3) is 3.38. The highest BCUT2D eigenvalue weighted by atomic mass is 16.5. The fourth-order valence-electron chi connectivity index (χ4n) is 2.49. The second kappa shape index (κ2) is 6.05. The number of hydrogen-bond donors (Lipinski definition) is 0. The molecule has 0 bridgehead atoms. The molecule has 23 heavy (non-hydrogen) atoms. The van der Waals surface area contributed by atoms with E-state index in [0.717, 1.165) is 17.3 Å². The lowest BCUT2D eigenvalue weighted by molar-refractivity contribution is 0.0613. The number of hydrogen-bond acceptors (Lipinski definition) is 3. The number of rotatable bonds is 4. The molecule has 0 aromatic carbocycles. The zero-order valence-electron chi connectivity index (χ0n) is 14.6. The van der Waals surface area contributed by atoms with Crippen LogP contribution in [-0.2, 0) is 4.74 Å². The van der Waals surface area contributed by atoms with Crippen LogP contribution in [-0.4, -0.2) is 15.4 Å². The highest BCUT2D eigenvalue weighted by Gasteiger charge is 2.20. The van der Waals surface area contributed by atoms with Gasteiger partial charge in [0.2, 0.25) is 0 Å². The lowest BCUT2D eigenvalue weighted by Gasteiger charge is -2.23. The largest absolute Gasteiger partial charge is 0.478 e. The molecule has 2 rings (SSSR count). The van der Waals surface area contributed by atoms with Gasteiger partial charge < -0.3 is 4.74 Å². The second-order valence-corrected chi connectivity index (χ2v) is 6.90. The molecule has 0 atom stereocenters. The van der Waals surface area contributed by atoms with Crippen LogP contribution in [0.2, 0.25) is 0 Å². The molecule has 0 unspecified atom stereocenters. The first-order chi connectivity index (χ1) is 10.7. The van der Waals surface area contributed by atoms with Crippen molar-refractivity contribution in [3.05, 3.63) is 51.1 Å². The first-order valence-electron chi connectivity index (χ1n) is 7.78. The van der Waals surface area contributed by atoms with E-state index >= 15 is 0 Å². The molecule has 4 nitrogen and oxygen atoms in total. The van der Waals surface area contributed by atoms with E-state index in [1.807, 2.05) is 32.9 Å². The maximum absolute atomic E-state index is 12.7. The molecule has 1 aliphatic carbocycles. The summed E-state index contributed by atoms with van der Waals surface area (Å²) >= 11 is 0. The van der Waals surface area contributed by atoms with Crippen molar-refractivity contribution in [1.29, 1.82) is 0 Å². The Morgan fingerprint density at radius 1 is 1.35 bits per heavy atom. The second-order valence-electron chi connectivity index (χ2n) is 6.90. The van der Waals surface area contributed by atoms with Crippen molar-refractivity contribution in [2.45, 2.75) is 52.6 Å². The highest BCUT2D eigenvalue weighted by Crippen LogP contribution is 2.20. The summed E-state index contributed by atoms with van der Waals surface area (Å²) in [5.74, 6) is 0.537. The van der Waals surface area contributed by atoms with Gasteiger partial charge in [0, 0.05) is 10.4 Å². The normalized spacial score (nSPS) is 13.0. The Morgan fingerprint density at radius 2 is 1.96 bits per heavy atom. The van der Waals surface area contributed by atoms with Gasteiger partial charge in [0.15, 0.2) is 5.76 Å². The molecule has 0 fully saturated rings. The Bertz CT molecular complexity index is 874. The molecule has 0 saturated carbocycles. The summed E-state index contributed by atoms with van der Waals surface area (Å²) in [7, 11) is 0. The minimum absolute atomic E-state index is 0.187. The molecule has 1 aliphatic rings. The van der Waals surface area contributed by atoms with Crippen LogP contribution in [0.5, 0.6) is 0 Å². The van der Waals surface area contributed by atoms with E-state index in [0.29, 0.717) is 16.7 Å². The first-order valence-corrected chi connectivity index (χ1v) is 7.78. The molecule has 0 radical (unpaired) electrons. The molecule has 122 valence electrons. The Morgan fingerprint density at radius 3 is 2.48 bits per heavy atom. The Balaban J connectivity index is 2.64. The molecule has 1 aromatic heterocycles. The highest BCUT2D eigenvalue weighted by molar-refractivity contribution is 5.58. The van der Waals surface area contributed by atoms with Gasteiger partial charge in [-0.25, -0.2) is 0 Å². The van der Waals surface area contributed by atoms with Crippen molar-refractivity contribution in [2.75, 3.05) is 0 Å². The molecule has 1 heterocycles. The topological polar surface area (TPSA) is 44.1 Å². The van der Waals surface area contributed by atoms with Crippen LogP contribution in [0.4, 0.5) is 0 Å². The van der Waals surface area contributed by atoms with Gasteiger partial charge in [0.25, 0.3) is 5.56 Å². The number of ether oxygens (including phenoxy) is 1. The fraction of sp³-hybridized carbons (Fsp3) is 0.421. The van der Waals surface area contributed by atoms with Crippen LogP contribution in [0.3, 0.4) is 0 Å². The van der Waals surface area contributed by atoms with Crippen molar-refractivity contribution in [1.82, 2.24) is 9.78 Å². The Kier molecular flexibility index (Phi) is 4.49. The van der Waals surface area contributed by atoms with E-state index in [2.05, 4.69) is 37.8 Å². The predicted molar refractivity (Wildman–Crippen MR) is 94.2 cm³/mol. The van der Waals surface area contributed by atoms with Crippen LogP contribution in [0, 0.1) is 0 Å². The molecule has 0 amide bonds. The van der Waals surface area contributed by atoms with Gasteiger partial charge in [0.1, 0.15) is 11.3 Å². The van der Waals surface area contributed by atoms with Crippen LogP contribution < -0.4 is 16.0 Å². The van der Waals surface area contributed by atoms with Crippen molar-refractivity contribution in [3.63, 3.8) is 0 Å². The van der Waals surface area contributed by atoms with E-state index in [1.54, 1.807) is 0 Å². The summed E-state index contributed by atoms with van der Waals surface area (Å²) in [5.41, 5.74) is 3.34. The van der Waals surface area contributed by atoms with Gasteiger partial charge >= 0.3 is 0 Å². The van der Waals surface area contributed by atoms with Gasteiger partial charge in [-0.2, -0.15) is 9.78 Å². The van der Waals surface area contributed by atoms with E-state index in [1.165, 1.54) is 4.68 Å². The van der Waals surface area contributed by atoms with Crippen molar-refractivity contribution in [2.24, 2.45) is 0 Å². The average Bonchev–Trinajstić information content (AvgIpc) is 2.93. The van der Waals surface area contributed by atoms with Gasteiger partial charge in [0.05, 0.1) is 5.69 Å². The summed E-state index contributed by atoms with van der Waals surface area (Å²) < 4.78 is 7.11. The Labute approximate surface area is 136 Å². The molecule has 0 aliphatic heterocycles. The van der Waals surface area contributed by atoms with E-state index < -0.39 is 5.60 Å². The number of allylic oxidation sites excluding steroid dienone is 1. The van der Waals surface area contributed by atoms with Gasteiger partial charge in [-0.15, -0.1) is 0 Å². The SMILES string of the molecule is C=C=C(OC(C)(C)C)C(=C)n1nc(C(C)C)c2c(c1=O)=CCC=2. The summed E-state index contributed by atoms with van der Waals surface area (Å²) in [6.45, 7) is 17.5. The maximum Gasteiger partial charge on any atom is 0.279 e. The summed E-state index contributed by atoms with van der Waals surface area (Å²) in [5, 5.41) is 6.15. The van der Waals surface area contributed by atoms with Crippen molar-refractivity contribution >= 4 is 17.8 Å². The molecule has 0 saturated heterocycles. The van der Waals surface area contributed by atoms with E-state index in [4.69, 9.17) is 4.74 Å². The number of nitrogens with zero attached hydrogens (tertiary/aromatic N) is 2. The molecule has 0 spiro atoms. The van der Waals surface area contributed by atoms with Crippen molar-refractivity contribution < 1.29 is 4.74 Å². The van der Waals surface area contributed by atoms with E-state index in [-0.39, 0.29) is 11.5 Å². The smallest absolute Gasteiger partial charge is 0.279 e. The molecule has 0 N–H and O–H groups in total. The number of aromatic nitrogens is 2. The average molecular weight is 312 g/mol. The summed E-state index contributed by atoms with van der Waals surface area (Å²) in [4.78, 5) is 12.7. The minimum Gasteiger partial charge on any atom is -0.478 e. The molecular weight excluding hydrogens is 288 g/mol. The van der Waals surface area contributed by atoms with E-state index in [9.17, 15) is 4.79 Å². The van der Waals surface area contributed by atoms with Crippen LogP contribution in [0.15, 0.2) is 29.4 Å². The van der Waals surface area contributed by atoms with Crippen LogP contribution in [0.1, 0.15) is 52.7 Å². The van der Waals surface area contributed by atoms with Gasteiger partial charge in [-0.05, 0) is 33.1 Å². The molecule has 4 heteroatoms. The van der Waals surface area contributed by atoms with Crippen molar-refractivity contribution in [3.8, 4) is 0 Å². The molecular formula is C19H24N2O2. The fourth-order valence-corrected chi connectivity index (χ4v) is 2.49. The Hall–Kier alpha value is -2.32. The zero-order chi connectivity index (χ0) is 17.4. The zero-order valence-corrected chi connectivity index (χ0v) is 14.6. The maximum atomic E-state index is 12.7. The third-order valence-corrected chi connectivity index (χ3v) is 3.47. The van der Waals surface area contributed by atoms with Gasteiger partial charge in [-0.1, -0.05) is 44.9 Å². The molecule has 1 aromatic rings. The third-order valence-electron chi connectivity index (χ3n) is 3.47. The lowest BCUT2D eigenvalue weighted by Crippen LogP contribution is -2.47. The standard InChI is InChI=1S/C19H24N2O2/c1-8-16(23-19(5,6)7)13(4)21-18(22)15-11-9-10-14(15)17(20-21)12(2)3/h10-12H,1,4,9H2,2-3,5-7H3. The summed E-state index contributed by atoms with van der Waals surface area (Å²) in [6.07, 6.45) is 4.73. The van der Waals surface area contributed by atoms with Crippen LogP contribution in [0.25, 0.3) is 17.8 Å². The number of fused-ring (bicyclic) bond motifs is 1. The lowest BCUT2D eigenvalue weighted by atomic mass is 10.1. The minimum atomic E-state index is -0.440. The predicted octanol–water partition coefficient (Wildman–Crippen LogP) is 2.29. The first kappa shape index (κ1) is 17.0. The monoisotopic (exact) mass is 312 g/mol. The van der Waals surface area contributed by atoms with Gasteiger partial charge in [-0.3, -0.25) is 4.79 Å². The quantitative estimate of drug-likeness (QED) is 0.487. The van der Waals surface area contributed by atoms with Crippen LogP contribution >= 0.6 is 0 Å².